The first-order chi connectivity index (χ1) is 20.6. The van der Waals surface area contributed by atoms with Gasteiger partial charge in [-0.2, -0.15) is 0 Å². The summed E-state index contributed by atoms with van der Waals surface area (Å²) in [5.41, 5.74) is 8.55. The molecule has 4 heteroatoms. The maximum atomic E-state index is 14.2. The van der Waals surface area contributed by atoms with Crippen molar-refractivity contribution in [3.8, 4) is 5.75 Å². The lowest BCUT2D eigenvalue weighted by atomic mass is 9.78. The normalized spacial score (nSPS) is 24.7. The largest absolute Gasteiger partial charge is 0.496 e. The highest BCUT2D eigenvalue weighted by molar-refractivity contribution is 5.97. The number of rotatable bonds is 11. The minimum absolute atomic E-state index is 0.0390. The van der Waals surface area contributed by atoms with E-state index in [9.17, 15) is 4.79 Å². The molecule has 0 radical (unpaired) electrons. The zero-order valence-electron chi connectivity index (χ0n) is 27.4. The smallest absolute Gasteiger partial charge is 0.163 e. The number of benzene rings is 1. The second-order valence-corrected chi connectivity index (χ2v) is 14.7. The molecular weight excluding hydrogens is 532 g/mol. The van der Waals surface area contributed by atoms with Crippen LogP contribution in [0.4, 0.5) is 0 Å². The van der Waals surface area contributed by atoms with Crippen molar-refractivity contribution in [1.29, 1.82) is 0 Å². The molecule has 1 heterocycles. The molecule has 0 bridgehead atoms. The first-order valence-electron chi connectivity index (χ1n) is 17.0. The van der Waals surface area contributed by atoms with E-state index in [0.717, 1.165) is 72.7 Å². The van der Waals surface area contributed by atoms with Crippen molar-refractivity contribution in [2.75, 3.05) is 20.3 Å². The average molecular weight is 585 g/mol. The van der Waals surface area contributed by atoms with Gasteiger partial charge in [0.1, 0.15) is 11.5 Å². The van der Waals surface area contributed by atoms with Crippen LogP contribution in [0.1, 0.15) is 120 Å². The van der Waals surface area contributed by atoms with Crippen LogP contribution in [-0.4, -0.2) is 32.2 Å². The molecule has 2 unspecified atom stereocenters. The van der Waals surface area contributed by atoms with E-state index in [-0.39, 0.29) is 29.1 Å². The topological polar surface area (TPSA) is 44.8 Å². The molecule has 0 N–H and O–H groups in total. The Hall–Kier alpha value is -2.59. The minimum atomic E-state index is -0.144. The maximum Gasteiger partial charge on any atom is 0.163 e. The van der Waals surface area contributed by atoms with Gasteiger partial charge in [0.2, 0.25) is 0 Å². The number of ether oxygens (including phenoxy) is 3. The molecule has 1 saturated heterocycles. The fourth-order valence-corrected chi connectivity index (χ4v) is 7.62. The predicted octanol–water partition coefficient (Wildman–Crippen LogP) is 9.41. The highest BCUT2D eigenvalue weighted by atomic mass is 16.5. The third kappa shape index (κ3) is 6.06. The Balaban J connectivity index is 1.33. The molecule has 4 nitrogen and oxygen atoms in total. The standard InChI is InChI=1S/C39H52O4/c1-8-29(9-2)43-35-22-30-23(3)27(18-32(30)36(25-10-11-25)37(35)26-12-13-26)21-34(40)28-19-31(24-14-16-42-17-15-24)38(41-7)33(20-28)39(4,5)6/h18-20,22,24-27,29-30H,3,8-17,21H2,1-2,4-7H3. The summed E-state index contributed by atoms with van der Waals surface area (Å²) in [5, 5.41) is 0. The van der Waals surface area contributed by atoms with E-state index in [1.54, 1.807) is 12.7 Å². The highest BCUT2D eigenvalue weighted by Crippen LogP contribution is 2.57. The van der Waals surface area contributed by atoms with E-state index >= 15 is 0 Å². The van der Waals surface area contributed by atoms with Crippen molar-refractivity contribution in [2.45, 2.75) is 110 Å². The number of allylic oxidation sites excluding steroid dienone is 6. The van der Waals surface area contributed by atoms with Crippen LogP contribution < -0.4 is 4.74 Å². The van der Waals surface area contributed by atoms with Gasteiger partial charge in [-0.1, -0.05) is 52.8 Å². The van der Waals surface area contributed by atoms with Crippen LogP contribution in [0.15, 0.2) is 58.9 Å². The minimum Gasteiger partial charge on any atom is -0.496 e. The fraction of sp³-hybridized carbons (Fsp3) is 0.615. The van der Waals surface area contributed by atoms with Gasteiger partial charge in [0, 0.05) is 48.2 Å². The van der Waals surface area contributed by atoms with Crippen LogP contribution in [0.2, 0.25) is 0 Å². The Labute approximate surface area is 259 Å². The first kappa shape index (κ1) is 30.4. The quantitative estimate of drug-likeness (QED) is 0.192. The molecule has 5 aliphatic rings. The summed E-state index contributed by atoms with van der Waals surface area (Å²) in [6.07, 6.45) is 14.5. The number of methoxy groups -OCH3 is 1. The van der Waals surface area contributed by atoms with Crippen molar-refractivity contribution < 1.29 is 19.0 Å². The number of hydrogen-bond acceptors (Lipinski definition) is 4. The van der Waals surface area contributed by atoms with E-state index < -0.39 is 0 Å². The van der Waals surface area contributed by atoms with E-state index in [0.29, 0.717) is 24.2 Å². The van der Waals surface area contributed by atoms with Crippen LogP contribution in [0.5, 0.6) is 5.75 Å². The molecule has 2 atom stereocenters. The van der Waals surface area contributed by atoms with Crippen LogP contribution in [-0.2, 0) is 14.9 Å². The fourth-order valence-electron chi connectivity index (χ4n) is 7.62. The van der Waals surface area contributed by atoms with Crippen LogP contribution in [0.25, 0.3) is 0 Å². The second-order valence-electron chi connectivity index (χ2n) is 14.7. The predicted molar refractivity (Wildman–Crippen MR) is 174 cm³/mol. The van der Waals surface area contributed by atoms with Gasteiger partial charge in [0.05, 0.1) is 13.2 Å². The van der Waals surface area contributed by atoms with Gasteiger partial charge in [-0.15, -0.1) is 0 Å². The summed E-state index contributed by atoms with van der Waals surface area (Å²) in [6, 6.07) is 4.23. The molecule has 4 aliphatic carbocycles. The summed E-state index contributed by atoms with van der Waals surface area (Å²) in [7, 11) is 1.76. The summed E-state index contributed by atoms with van der Waals surface area (Å²) in [4.78, 5) is 14.2. The molecular formula is C39H52O4. The van der Waals surface area contributed by atoms with E-state index in [2.05, 4.69) is 65.5 Å². The summed E-state index contributed by atoms with van der Waals surface area (Å²) in [6.45, 7) is 17.2. The van der Waals surface area contributed by atoms with Gasteiger partial charge in [-0.3, -0.25) is 4.79 Å². The molecule has 1 aliphatic heterocycles. The monoisotopic (exact) mass is 584 g/mol. The van der Waals surface area contributed by atoms with Crippen LogP contribution >= 0.6 is 0 Å². The van der Waals surface area contributed by atoms with Crippen LogP contribution in [0.3, 0.4) is 0 Å². The zero-order valence-corrected chi connectivity index (χ0v) is 27.4. The number of fused-ring (bicyclic) bond motifs is 1. The zero-order chi connectivity index (χ0) is 30.5. The van der Waals surface area contributed by atoms with Crippen molar-refractivity contribution in [1.82, 2.24) is 0 Å². The van der Waals surface area contributed by atoms with Crippen molar-refractivity contribution >= 4 is 5.78 Å². The molecule has 0 aromatic heterocycles. The molecule has 6 rings (SSSR count). The molecule has 232 valence electrons. The third-order valence-corrected chi connectivity index (χ3v) is 10.5. The Morgan fingerprint density at radius 1 is 0.953 bits per heavy atom. The lowest BCUT2D eigenvalue weighted by Crippen LogP contribution is -2.20. The van der Waals surface area contributed by atoms with Gasteiger partial charge >= 0.3 is 0 Å². The Bertz CT molecular complexity index is 1350. The Morgan fingerprint density at radius 2 is 1.60 bits per heavy atom. The number of carbonyl (C=O) groups is 1. The number of ketones is 1. The Morgan fingerprint density at radius 3 is 2.19 bits per heavy atom. The number of carbonyl (C=O) groups excluding carboxylic acids is 1. The lowest BCUT2D eigenvalue weighted by molar-refractivity contribution is 0.0847. The highest BCUT2D eigenvalue weighted by Gasteiger charge is 2.45. The molecule has 2 saturated carbocycles. The number of hydrogen-bond donors (Lipinski definition) is 0. The molecule has 0 spiro atoms. The first-order valence-corrected chi connectivity index (χ1v) is 17.0. The van der Waals surface area contributed by atoms with E-state index in [1.807, 2.05) is 0 Å². The van der Waals surface area contributed by atoms with Crippen LogP contribution in [0, 0.1) is 23.7 Å². The van der Waals surface area contributed by atoms with Crippen molar-refractivity contribution in [3.63, 3.8) is 0 Å². The molecule has 1 aromatic carbocycles. The van der Waals surface area contributed by atoms with Gasteiger partial charge in [0.15, 0.2) is 5.78 Å². The average Bonchev–Trinajstić information content (AvgIpc) is 3.93. The van der Waals surface area contributed by atoms with Crippen molar-refractivity contribution in [2.24, 2.45) is 23.7 Å². The molecule has 0 amide bonds. The van der Waals surface area contributed by atoms with E-state index in [1.165, 1.54) is 36.8 Å². The summed E-state index contributed by atoms with van der Waals surface area (Å²) >= 11 is 0. The molecule has 3 fully saturated rings. The van der Waals surface area contributed by atoms with Gasteiger partial charge in [-0.05, 0) is 109 Å². The molecule has 43 heavy (non-hydrogen) atoms. The summed E-state index contributed by atoms with van der Waals surface area (Å²) in [5.74, 6) is 4.06. The second kappa shape index (κ2) is 12.1. The number of Topliss-reactive ketones (excluding diaryl/α,β-unsaturated/α-hetero) is 1. The van der Waals surface area contributed by atoms with Gasteiger partial charge in [0.25, 0.3) is 0 Å². The third-order valence-electron chi connectivity index (χ3n) is 10.5. The maximum absolute atomic E-state index is 14.2. The van der Waals surface area contributed by atoms with Gasteiger partial charge < -0.3 is 14.2 Å². The Kier molecular flexibility index (Phi) is 8.54. The van der Waals surface area contributed by atoms with E-state index in [4.69, 9.17) is 14.2 Å². The lowest BCUT2D eigenvalue weighted by Gasteiger charge is -2.30. The van der Waals surface area contributed by atoms with Gasteiger partial charge in [-0.25, -0.2) is 0 Å². The van der Waals surface area contributed by atoms with Crippen molar-refractivity contribution in [3.05, 3.63) is 75.6 Å². The SMILES string of the molecule is C=C1C(CC(=O)c2cc(C3CCOCC3)c(OC)c(C(C)(C)C)c2)C=C2C(C3CC3)=C(C3CC3)C(OC(CC)CC)=CC12. The molecule has 1 aromatic rings. The summed E-state index contributed by atoms with van der Waals surface area (Å²) < 4.78 is 18.4.